The van der Waals surface area contributed by atoms with E-state index in [1.165, 1.54) is 6.42 Å². The molecule has 1 heterocycles. The first kappa shape index (κ1) is 14.8. The molecule has 15 heavy (non-hydrogen) atoms. The highest BCUT2D eigenvalue weighted by molar-refractivity contribution is 4.89. The molecule has 1 aliphatic heterocycles. The van der Waals surface area contributed by atoms with Gasteiger partial charge in [-0.05, 0) is 13.3 Å². The number of ether oxygens (including phenoxy) is 1. The second-order valence-corrected chi connectivity index (χ2v) is 3.97. The topological polar surface area (TPSA) is 69.9 Å². The molecule has 0 spiro atoms. The van der Waals surface area contributed by atoms with Crippen molar-refractivity contribution in [2.24, 2.45) is 0 Å². The number of aliphatic hydroxyl groups is 3. The quantitative estimate of drug-likeness (QED) is 0.608. The normalized spacial score (nSPS) is 40.6. The van der Waals surface area contributed by atoms with Crippen LogP contribution in [-0.4, -0.2) is 45.8 Å². The first-order valence-electron chi connectivity index (χ1n) is 5.69. The first-order chi connectivity index (χ1) is 6.99. The Morgan fingerprint density at radius 3 is 1.80 bits per heavy atom. The minimum Gasteiger partial charge on any atom is -0.388 e. The molecule has 3 N–H and O–H groups in total. The molecular formula is C11H24O4. The molecule has 0 radical (unpaired) electrons. The van der Waals surface area contributed by atoms with Gasteiger partial charge in [-0.15, -0.1) is 0 Å². The fraction of sp³-hybridized carbons (Fsp3) is 1.00. The van der Waals surface area contributed by atoms with Gasteiger partial charge in [-0.3, -0.25) is 0 Å². The van der Waals surface area contributed by atoms with Gasteiger partial charge in [0.1, 0.15) is 18.3 Å². The molecule has 92 valence electrons. The van der Waals surface area contributed by atoms with Crippen molar-refractivity contribution in [3.63, 3.8) is 0 Å². The average Bonchev–Trinajstić information content (AvgIpc) is 2.21. The third-order valence-electron chi connectivity index (χ3n) is 2.35. The summed E-state index contributed by atoms with van der Waals surface area (Å²) in [6.45, 7) is 7.80. The van der Waals surface area contributed by atoms with E-state index >= 15 is 0 Å². The van der Waals surface area contributed by atoms with Gasteiger partial charge in [0.15, 0.2) is 0 Å². The van der Waals surface area contributed by atoms with Crippen molar-refractivity contribution in [1.29, 1.82) is 0 Å². The molecule has 0 bridgehead atoms. The Kier molecular flexibility index (Phi) is 7.09. The maximum Gasteiger partial charge on any atom is 0.111 e. The lowest BCUT2D eigenvalue weighted by molar-refractivity contribution is -0.217. The van der Waals surface area contributed by atoms with Gasteiger partial charge < -0.3 is 20.1 Å². The fourth-order valence-corrected chi connectivity index (χ4v) is 1.47. The Morgan fingerprint density at radius 2 is 1.40 bits per heavy atom. The van der Waals surface area contributed by atoms with Gasteiger partial charge >= 0.3 is 0 Å². The van der Waals surface area contributed by atoms with Crippen LogP contribution < -0.4 is 0 Å². The van der Waals surface area contributed by atoms with Crippen LogP contribution >= 0.6 is 0 Å². The van der Waals surface area contributed by atoms with Crippen LogP contribution in [0.2, 0.25) is 0 Å². The molecular weight excluding hydrogens is 196 g/mol. The monoisotopic (exact) mass is 220 g/mol. The van der Waals surface area contributed by atoms with Crippen LogP contribution in [0.3, 0.4) is 0 Å². The average molecular weight is 220 g/mol. The third-order valence-corrected chi connectivity index (χ3v) is 2.35. The summed E-state index contributed by atoms with van der Waals surface area (Å²) in [6, 6.07) is 0. The van der Waals surface area contributed by atoms with Crippen LogP contribution in [0.5, 0.6) is 0 Å². The molecule has 4 heteroatoms. The minimum absolute atomic E-state index is 0.363. The first-order valence-corrected chi connectivity index (χ1v) is 5.69. The smallest absolute Gasteiger partial charge is 0.111 e. The molecule has 1 saturated heterocycles. The van der Waals surface area contributed by atoms with Crippen LogP contribution in [0.25, 0.3) is 0 Å². The maximum atomic E-state index is 9.39. The number of hydrogen-bond donors (Lipinski definition) is 3. The van der Waals surface area contributed by atoms with Crippen LogP contribution in [-0.2, 0) is 4.74 Å². The SMILES string of the molecule is CCC.CC[C@H]1O[C@@H](C)[C@H](O)[C@@H](O)[C@H]1O. The Morgan fingerprint density at radius 1 is 0.933 bits per heavy atom. The van der Waals surface area contributed by atoms with Gasteiger partial charge in [0.25, 0.3) is 0 Å². The molecule has 1 rings (SSSR count). The van der Waals surface area contributed by atoms with Gasteiger partial charge in [0.05, 0.1) is 12.2 Å². The van der Waals surface area contributed by atoms with Gasteiger partial charge in [-0.2, -0.15) is 0 Å². The van der Waals surface area contributed by atoms with Crippen molar-refractivity contribution >= 4 is 0 Å². The summed E-state index contributed by atoms with van der Waals surface area (Å²) in [5.74, 6) is 0. The molecule has 0 aliphatic carbocycles. The van der Waals surface area contributed by atoms with Crippen molar-refractivity contribution in [3.05, 3.63) is 0 Å². The molecule has 5 atom stereocenters. The molecule has 0 unspecified atom stereocenters. The van der Waals surface area contributed by atoms with E-state index in [2.05, 4.69) is 13.8 Å². The predicted octanol–water partition coefficient (Wildman–Crippen LogP) is 0.683. The van der Waals surface area contributed by atoms with Gasteiger partial charge in [-0.25, -0.2) is 0 Å². The van der Waals surface area contributed by atoms with Crippen LogP contribution in [0.4, 0.5) is 0 Å². The van der Waals surface area contributed by atoms with E-state index in [4.69, 9.17) is 4.74 Å². The van der Waals surface area contributed by atoms with E-state index in [1.54, 1.807) is 6.92 Å². The van der Waals surface area contributed by atoms with Crippen molar-refractivity contribution in [2.75, 3.05) is 0 Å². The van der Waals surface area contributed by atoms with E-state index < -0.39 is 24.4 Å². The highest BCUT2D eigenvalue weighted by Crippen LogP contribution is 2.22. The Bertz CT molecular complexity index is 158. The van der Waals surface area contributed by atoms with Crippen LogP contribution in [0, 0.1) is 0 Å². The molecule has 0 saturated carbocycles. The summed E-state index contributed by atoms with van der Waals surface area (Å²) >= 11 is 0. The molecule has 1 aliphatic rings. The highest BCUT2D eigenvalue weighted by atomic mass is 16.5. The van der Waals surface area contributed by atoms with E-state index in [-0.39, 0.29) is 6.10 Å². The summed E-state index contributed by atoms with van der Waals surface area (Å²) in [6.07, 6.45) is -1.93. The summed E-state index contributed by atoms with van der Waals surface area (Å²) in [4.78, 5) is 0. The summed E-state index contributed by atoms with van der Waals surface area (Å²) in [7, 11) is 0. The van der Waals surface area contributed by atoms with E-state index in [0.29, 0.717) is 6.42 Å². The van der Waals surface area contributed by atoms with Crippen molar-refractivity contribution in [3.8, 4) is 0 Å². The van der Waals surface area contributed by atoms with Crippen LogP contribution in [0.15, 0.2) is 0 Å². The summed E-state index contributed by atoms with van der Waals surface area (Å²) in [5, 5.41) is 28.0. The highest BCUT2D eigenvalue weighted by Gasteiger charge is 2.40. The second kappa shape index (κ2) is 7.17. The maximum absolute atomic E-state index is 9.39. The molecule has 4 nitrogen and oxygen atoms in total. The predicted molar refractivity (Wildman–Crippen MR) is 58.6 cm³/mol. The minimum atomic E-state index is -1.08. The van der Waals surface area contributed by atoms with Crippen molar-refractivity contribution < 1.29 is 20.1 Å². The molecule has 1 fully saturated rings. The molecule has 0 aromatic rings. The zero-order valence-corrected chi connectivity index (χ0v) is 10.1. The van der Waals surface area contributed by atoms with Gasteiger partial charge in [-0.1, -0.05) is 27.2 Å². The molecule has 0 aromatic heterocycles. The Labute approximate surface area is 91.9 Å². The lowest BCUT2D eigenvalue weighted by atomic mass is 9.94. The number of rotatable bonds is 1. The molecule has 0 aromatic carbocycles. The summed E-state index contributed by atoms with van der Waals surface area (Å²) < 4.78 is 5.27. The van der Waals surface area contributed by atoms with Crippen molar-refractivity contribution in [1.82, 2.24) is 0 Å². The fourth-order valence-electron chi connectivity index (χ4n) is 1.47. The number of aliphatic hydroxyl groups excluding tert-OH is 3. The Hall–Kier alpha value is -0.160. The van der Waals surface area contributed by atoms with Gasteiger partial charge in [0.2, 0.25) is 0 Å². The standard InChI is InChI=1S/C8H16O4.C3H8/c1-3-5-7(10)8(11)6(9)4(2)12-5;1-3-2/h4-11H,3H2,1-2H3;3H2,1-2H3/t4-,5+,6-,7-,8+;/m0./s1. The molecule has 0 amide bonds. The second-order valence-electron chi connectivity index (χ2n) is 3.97. The van der Waals surface area contributed by atoms with E-state index in [9.17, 15) is 15.3 Å². The Balaban J connectivity index is 0.000000583. The lowest BCUT2D eigenvalue weighted by Gasteiger charge is -2.39. The van der Waals surface area contributed by atoms with Crippen molar-refractivity contribution in [2.45, 2.75) is 71.1 Å². The van der Waals surface area contributed by atoms with E-state index in [0.717, 1.165) is 0 Å². The zero-order valence-electron chi connectivity index (χ0n) is 10.1. The van der Waals surface area contributed by atoms with Crippen LogP contribution in [0.1, 0.15) is 40.5 Å². The van der Waals surface area contributed by atoms with E-state index in [1.807, 2.05) is 6.92 Å². The lowest BCUT2D eigenvalue weighted by Crippen LogP contribution is -2.56. The largest absolute Gasteiger partial charge is 0.388 e. The zero-order chi connectivity index (χ0) is 12.0. The number of hydrogen-bond acceptors (Lipinski definition) is 4. The third kappa shape index (κ3) is 4.07. The van der Waals surface area contributed by atoms with Gasteiger partial charge in [0, 0.05) is 0 Å². The summed E-state index contributed by atoms with van der Waals surface area (Å²) in [5.41, 5.74) is 0.